The van der Waals surface area contributed by atoms with Gasteiger partial charge in [0.1, 0.15) is 10.7 Å². The van der Waals surface area contributed by atoms with Crippen LogP contribution >= 0.6 is 11.5 Å². The van der Waals surface area contributed by atoms with Gasteiger partial charge < -0.3 is 5.73 Å². The summed E-state index contributed by atoms with van der Waals surface area (Å²) in [5, 5.41) is 0. The predicted octanol–water partition coefficient (Wildman–Crippen LogP) is 1.74. The van der Waals surface area contributed by atoms with Crippen LogP contribution in [0.1, 0.15) is 4.88 Å². The zero-order chi connectivity index (χ0) is 7.78. The molecule has 0 amide bonds. The van der Waals surface area contributed by atoms with E-state index in [1.165, 1.54) is 0 Å². The fraction of sp³-hybridized carbons (Fsp3) is 0.250. The zero-order valence-corrected chi connectivity index (χ0v) is 5.46. The van der Waals surface area contributed by atoms with Crippen LogP contribution in [0.4, 0.5) is 19.0 Å². The molecule has 56 valence electrons. The van der Waals surface area contributed by atoms with Crippen LogP contribution in [0.3, 0.4) is 0 Å². The zero-order valence-electron chi connectivity index (χ0n) is 4.64. The average molecular weight is 168 g/mol. The van der Waals surface area contributed by atoms with Crippen molar-refractivity contribution < 1.29 is 13.2 Å². The van der Waals surface area contributed by atoms with E-state index in [1.807, 2.05) is 0 Å². The van der Waals surface area contributed by atoms with Crippen LogP contribution in [0.2, 0.25) is 0 Å². The summed E-state index contributed by atoms with van der Waals surface area (Å²) in [7, 11) is 0. The maximum atomic E-state index is 11.7. The molecule has 0 fully saturated rings. The molecule has 1 rings (SSSR count). The molecule has 0 radical (unpaired) electrons. The highest BCUT2D eigenvalue weighted by Crippen LogP contribution is 2.32. The Morgan fingerprint density at radius 3 is 2.30 bits per heavy atom. The van der Waals surface area contributed by atoms with Crippen LogP contribution in [0, 0.1) is 0 Å². The molecule has 0 saturated carbocycles. The molecule has 1 aromatic heterocycles. The van der Waals surface area contributed by atoms with Crippen LogP contribution < -0.4 is 5.73 Å². The highest BCUT2D eigenvalue weighted by molar-refractivity contribution is 7.06. The molecule has 6 heteroatoms. The van der Waals surface area contributed by atoms with Crippen molar-refractivity contribution in [3.05, 3.63) is 10.9 Å². The van der Waals surface area contributed by atoms with E-state index in [9.17, 15) is 13.2 Å². The number of nitrogen functional groups attached to an aromatic ring is 1. The van der Waals surface area contributed by atoms with Crippen molar-refractivity contribution in [2.45, 2.75) is 6.18 Å². The van der Waals surface area contributed by atoms with Crippen LogP contribution in [0.15, 0.2) is 6.07 Å². The molecular weight excluding hydrogens is 165 g/mol. The first-order chi connectivity index (χ1) is 4.50. The van der Waals surface area contributed by atoms with Gasteiger partial charge in [-0.05, 0) is 11.5 Å². The number of aromatic nitrogens is 1. The summed E-state index contributed by atoms with van der Waals surface area (Å²) in [5.41, 5.74) is 4.97. The molecule has 2 nitrogen and oxygen atoms in total. The first kappa shape index (κ1) is 7.33. The number of rotatable bonds is 0. The second kappa shape index (κ2) is 2.12. The molecule has 2 N–H and O–H groups in total. The summed E-state index contributed by atoms with van der Waals surface area (Å²) >= 11 is 0.356. The maximum Gasteiger partial charge on any atom is 0.427 e. The van der Waals surface area contributed by atoms with Gasteiger partial charge in [-0.15, -0.1) is 0 Å². The lowest BCUT2D eigenvalue weighted by molar-refractivity contribution is -0.134. The second-order valence-electron chi connectivity index (χ2n) is 1.61. The van der Waals surface area contributed by atoms with Crippen molar-refractivity contribution in [3.8, 4) is 0 Å². The number of alkyl halides is 3. The molecule has 0 aliphatic rings. The molecule has 0 aromatic carbocycles. The summed E-state index contributed by atoms with van der Waals surface area (Å²) in [6, 6.07) is 0.810. The van der Waals surface area contributed by atoms with Gasteiger partial charge in [-0.25, -0.2) is 0 Å². The van der Waals surface area contributed by atoms with Crippen LogP contribution in [-0.2, 0) is 6.18 Å². The lowest BCUT2D eigenvalue weighted by Gasteiger charge is -1.98. The van der Waals surface area contributed by atoms with Gasteiger partial charge in [-0.2, -0.15) is 17.5 Å². The maximum absolute atomic E-state index is 11.7. The highest BCUT2D eigenvalue weighted by Gasteiger charge is 2.32. The topological polar surface area (TPSA) is 38.9 Å². The van der Waals surface area contributed by atoms with Gasteiger partial charge in [0, 0.05) is 6.07 Å². The summed E-state index contributed by atoms with van der Waals surface area (Å²) in [5.74, 6) is -0.0858. The molecule has 1 heterocycles. The molecule has 1 aromatic rings. The molecule has 0 aliphatic carbocycles. The predicted molar refractivity (Wildman–Crippen MR) is 31.5 cm³/mol. The summed E-state index contributed by atoms with van der Waals surface area (Å²) in [6.45, 7) is 0. The van der Waals surface area contributed by atoms with E-state index in [2.05, 4.69) is 4.37 Å². The number of nitrogens with two attached hydrogens (primary N) is 1. The quantitative estimate of drug-likeness (QED) is 0.640. The molecule has 0 saturated heterocycles. The van der Waals surface area contributed by atoms with E-state index in [0.717, 1.165) is 6.07 Å². The molecule has 0 aliphatic heterocycles. The normalized spacial score (nSPS) is 11.9. The standard InChI is InChI=1S/C4H3F3N2S/c5-4(6,7)2-1-3(8)9-10-2/h1H,(H2,8,9). The number of halogens is 3. The van der Waals surface area contributed by atoms with Crippen molar-refractivity contribution >= 4 is 17.4 Å². The minimum absolute atomic E-state index is 0.0858. The fourth-order valence-corrected chi connectivity index (χ4v) is 0.956. The van der Waals surface area contributed by atoms with Crippen molar-refractivity contribution in [2.24, 2.45) is 0 Å². The number of nitrogens with zero attached hydrogens (tertiary/aromatic N) is 1. The van der Waals surface area contributed by atoms with Crippen molar-refractivity contribution in [2.75, 3.05) is 5.73 Å². The van der Waals surface area contributed by atoms with Gasteiger partial charge in [0.05, 0.1) is 0 Å². The Morgan fingerprint density at radius 1 is 1.50 bits per heavy atom. The molecule has 0 spiro atoms. The van der Waals surface area contributed by atoms with Crippen molar-refractivity contribution in [1.29, 1.82) is 0 Å². The largest absolute Gasteiger partial charge is 0.427 e. The van der Waals surface area contributed by atoms with E-state index in [0.29, 0.717) is 11.5 Å². The molecule has 0 atom stereocenters. The number of hydrogen-bond acceptors (Lipinski definition) is 3. The third-order valence-electron chi connectivity index (χ3n) is 0.808. The van der Waals surface area contributed by atoms with Crippen LogP contribution in [-0.4, -0.2) is 4.37 Å². The van der Waals surface area contributed by atoms with Crippen LogP contribution in [0.5, 0.6) is 0 Å². The van der Waals surface area contributed by atoms with Gasteiger partial charge in [-0.1, -0.05) is 0 Å². The minimum Gasteiger partial charge on any atom is -0.383 e. The molecule has 0 bridgehead atoms. The lowest BCUT2D eigenvalue weighted by atomic mass is 10.5. The minimum atomic E-state index is -4.31. The van der Waals surface area contributed by atoms with Gasteiger partial charge in [0.15, 0.2) is 0 Å². The SMILES string of the molecule is Nc1cc(C(F)(F)F)sn1. The summed E-state index contributed by atoms with van der Waals surface area (Å²) in [6.07, 6.45) is -4.31. The first-order valence-corrected chi connectivity index (χ1v) is 3.07. The summed E-state index contributed by atoms with van der Waals surface area (Å²) < 4.78 is 38.4. The lowest BCUT2D eigenvalue weighted by Crippen LogP contribution is -2.00. The van der Waals surface area contributed by atoms with E-state index in [-0.39, 0.29) is 5.82 Å². The Morgan fingerprint density at radius 2 is 2.10 bits per heavy atom. The smallest absolute Gasteiger partial charge is 0.383 e. The first-order valence-electron chi connectivity index (χ1n) is 2.29. The van der Waals surface area contributed by atoms with Gasteiger partial charge in [0.25, 0.3) is 0 Å². The number of anilines is 1. The van der Waals surface area contributed by atoms with E-state index in [1.54, 1.807) is 0 Å². The second-order valence-corrected chi connectivity index (χ2v) is 2.42. The Balaban J connectivity index is 2.96. The Labute approximate surface area is 58.6 Å². The molecule has 10 heavy (non-hydrogen) atoms. The third-order valence-corrected chi connectivity index (χ3v) is 1.66. The van der Waals surface area contributed by atoms with Crippen molar-refractivity contribution in [1.82, 2.24) is 4.37 Å². The van der Waals surface area contributed by atoms with Crippen LogP contribution in [0.25, 0.3) is 0 Å². The monoisotopic (exact) mass is 168 g/mol. The van der Waals surface area contributed by atoms with Gasteiger partial charge in [0.2, 0.25) is 0 Å². The van der Waals surface area contributed by atoms with E-state index in [4.69, 9.17) is 5.73 Å². The van der Waals surface area contributed by atoms with E-state index >= 15 is 0 Å². The van der Waals surface area contributed by atoms with E-state index < -0.39 is 11.1 Å². The Kier molecular flexibility index (Phi) is 1.55. The molecular formula is C4H3F3N2S. The summed E-state index contributed by atoms with van der Waals surface area (Å²) in [4.78, 5) is -0.759. The highest BCUT2D eigenvalue weighted by atomic mass is 32.1. The van der Waals surface area contributed by atoms with Crippen molar-refractivity contribution in [3.63, 3.8) is 0 Å². The Hall–Kier alpha value is -0.780. The average Bonchev–Trinajstić information content (AvgIpc) is 2.11. The number of hydrogen-bond donors (Lipinski definition) is 1. The molecule has 0 unspecified atom stereocenters. The van der Waals surface area contributed by atoms with Gasteiger partial charge in [-0.3, -0.25) is 0 Å². The fourth-order valence-electron chi connectivity index (χ4n) is 0.422. The Bertz CT molecular complexity index is 229. The van der Waals surface area contributed by atoms with Gasteiger partial charge >= 0.3 is 6.18 Å². The third kappa shape index (κ3) is 1.38.